The smallest absolute Gasteiger partial charge is 0.311 e. The van der Waals surface area contributed by atoms with Crippen molar-refractivity contribution in [1.82, 2.24) is 4.90 Å². The van der Waals surface area contributed by atoms with Crippen LogP contribution in [-0.4, -0.2) is 155 Å². The number of ether oxygens (including phenoxy) is 8. The zero-order valence-electron chi connectivity index (χ0n) is 33.8. The lowest BCUT2D eigenvalue weighted by Crippen LogP contribution is -2.61. The predicted molar refractivity (Wildman–Crippen MR) is 193 cm³/mol. The average Bonchev–Trinajstić information content (AvgIpc) is 3.44. The molecule has 0 spiro atoms. The van der Waals surface area contributed by atoms with Gasteiger partial charge in [-0.25, -0.2) is 0 Å². The monoisotopic (exact) mass is 759 g/mol. The Morgan fingerprint density at radius 3 is 2.28 bits per heavy atom. The molecule has 5 heterocycles. The van der Waals surface area contributed by atoms with Gasteiger partial charge in [0.1, 0.15) is 23.9 Å². The highest BCUT2D eigenvalue weighted by molar-refractivity contribution is 5.73. The Morgan fingerprint density at radius 1 is 1.00 bits per heavy atom. The van der Waals surface area contributed by atoms with Gasteiger partial charge in [-0.3, -0.25) is 9.69 Å². The van der Waals surface area contributed by atoms with Gasteiger partial charge in [0.15, 0.2) is 12.6 Å². The first kappa shape index (κ1) is 43.1. The number of hydrogen-bond donors (Lipinski definition) is 4. The fourth-order valence-corrected chi connectivity index (χ4v) is 9.96. The van der Waals surface area contributed by atoms with Crippen LogP contribution in [0.2, 0.25) is 0 Å². The van der Waals surface area contributed by atoms with E-state index in [4.69, 9.17) is 37.9 Å². The molecule has 5 fully saturated rings. The van der Waals surface area contributed by atoms with Crippen LogP contribution in [0.4, 0.5) is 0 Å². The molecule has 308 valence electrons. The number of carbonyl (C=O) groups excluding carboxylic acids is 1. The number of morpholine rings is 1. The van der Waals surface area contributed by atoms with Gasteiger partial charge in [-0.1, -0.05) is 27.7 Å². The lowest BCUT2D eigenvalue weighted by molar-refractivity contribution is -0.319. The molecule has 5 saturated heterocycles. The second kappa shape index (κ2) is 16.8. The molecule has 19 atom stereocenters. The molecule has 0 radical (unpaired) electrons. The van der Waals surface area contributed by atoms with Crippen LogP contribution in [0.25, 0.3) is 0 Å². The zero-order chi connectivity index (χ0) is 39.2. The fraction of sp³-hybridized carbons (Fsp3) is 0.974. The topological polar surface area (TPSA) is 175 Å². The number of aliphatic hydroxyl groups is 4. The zero-order valence-corrected chi connectivity index (χ0v) is 33.8. The molecule has 0 amide bonds. The Kier molecular flexibility index (Phi) is 13.7. The summed E-state index contributed by atoms with van der Waals surface area (Å²) >= 11 is 0. The van der Waals surface area contributed by atoms with Crippen LogP contribution in [0.3, 0.4) is 0 Å². The maximum atomic E-state index is 14.4. The molecule has 0 aromatic heterocycles. The first-order valence-corrected chi connectivity index (χ1v) is 19.9. The molecular weight excluding hydrogens is 690 g/mol. The second-order valence-electron chi connectivity index (χ2n) is 17.4. The molecule has 0 aromatic carbocycles. The van der Waals surface area contributed by atoms with Crippen molar-refractivity contribution >= 4 is 5.97 Å². The van der Waals surface area contributed by atoms with Crippen LogP contribution < -0.4 is 0 Å². The average molecular weight is 760 g/mol. The number of nitrogens with zero attached hydrogens (tertiary/aromatic N) is 1. The Hall–Kier alpha value is -1.01. The van der Waals surface area contributed by atoms with Crippen molar-refractivity contribution in [2.75, 3.05) is 33.4 Å². The van der Waals surface area contributed by atoms with Gasteiger partial charge in [-0.2, -0.15) is 0 Å². The quantitative estimate of drug-likeness (QED) is 0.252. The van der Waals surface area contributed by atoms with E-state index in [0.29, 0.717) is 39.1 Å². The molecule has 5 aliphatic heterocycles. The number of rotatable bonds is 9. The molecule has 0 unspecified atom stereocenters. The van der Waals surface area contributed by atoms with Crippen molar-refractivity contribution in [3.63, 3.8) is 0 Å². The Bertz CT molecular complexity index is 1220. The van der Waals surface area contributed by atoms with E-state index < -0.39 is 102 Å². The van der Waals surface area contributed by atoms with Gasteiger partial charge in [0.25, 0.3) is 0 Å². The van der Waals surface area contributed by atoms with Crippen LogP contribution >= 0.6 is 0 Å². The van der Waals surface area contributed by atoms with Crippen molar-refractivity contribution in [3.8, 4) is 0 Å². The van der Waals surface area contributed by atoms with Gasteiger partial charge < -0.3 is 58.3 Å². The van der Waals surface area contributed by atoms with E-state index in [0.717, 1.165) is 0 Å². The summed E-state index contributed by atoms with van der Waals surface area (Å²) < 4.78 is 51.1. The lowest BCUT2D eigenvalue weighted by atomic mass is 9.76. The van der Waals surface area contributed by atoms with E-state index in [-0.39, 0.29) is 30.9 Å². The minimum absolute atomic E-state index is 0.0658. The van der Waals surface area contributed by atoms with Gasteiger partial charge in [-0.15, -0.1) is 0 Å². The molecule has 2 bridgehead atoms. The molecular formula is C39H69NO13. The van der Waals surface area contributed by atoms with Crippen LogP contribution in [0, 0.1) is 23.7 Å². The maximum absolute atomic E-state index is 14.4. The van der Waals surface area contributed by atoms with E-state index in [1.54, 1.807) is 27.7 Å². The summed E-state index contributed by atoms with van der Waals surface area (Å²) in [7, 11) is 1.53. The molecule has 5 aliphatic rings. The van der Waals surface area contributed by atoms with Gasteiger partial charge in [0.05, 0.1) is 67.0 Å². The first-order chi connectivity index (χ1) is 24.8. The number of aliphatic hydroxyl groups excluding tert-OH is 3. The second-order valence-corrected chi connectivity index (χ2v) is 17.4. The number of carbonyl (C=O) groups is 1. The largest absolute Gasteiger partial charge is 0.459 e. The molecule has 5 rings (SSSR count). The van der Waals surface area contributed by atoms with Crippen LogP contribution in [0.1, 0.15) is 94.9 Å². The normalized spacial score (nSPS) is 49.4. The van der Waals surface area contributed by atoms with E-state index in [1.165, 1.54) is 14.0 Å². The number of hydrogen-bond acceptors (Lipinski definition) is 14. The van der Waals surface area contributed by atoms with Gasteiger partial charge in [0, 0.05) is 44.5 Å². The summed E-state index contributed by atoms with van der Waals surface area (Å²) in [5, 5.41) is 45.7. The number of methoxy groups -OCH3 is 1. The summed E-state index contributed by atoms with van der Waals surface area (Å²) in [5.41, 5.74) is -3.74. The lowest BCUT2D eigenvalue weighted by Gasteiger charge is -2.49. The SMILES string of the molecule is CC[C@@H](O)[C@@](C)(O)[C@@H]1OC(=O)[C@H](C)[C@@H](O[C@@H]2C[C@](C)(OC)[C@H](O)[C@@H](C)O2)[C@H](C)[C@@H](O[C@H]2O[C@@H](C)C[C@@H](N3CCOCC3)[C@@H]2O)[C@@]2(C)C[C@@H](C)[C@H](O2)[C@@H]1C. The van der Waals surface area contributed by atoms with Gasteiger partial charge >= 0.3 is 5.97 Å². The minimum atomic E-state index is -1.79. The first-order valence-electron chi connectivity index (χ1n) is 19.9. The Balaban J connectivity index is 1.57. The highest BCUT2D eigenvalue weighted by atomic mass is 16.7. The predicted octanol–water partition coefficient (Wildman–Crippen LogP) is 2.39. The van der Waals surface area contributed by atoms with Crippen LogP contribution in [-0.2, 0) is 42.7 Å². The molecule has 53 heavy (non-hydrogen) atoms. The minimum Gasteiger partial charge on any atom is -0.459 e. The van der Waals surface area contributed by atoms with Crippen molar-refractivity contribution in [2.45, 2.75) is 185 Å². The molecule has 0 aliphatic carbocycles. The van der Waals surface area contributed by atoms with E-state index >= 15 is 0 Å². The third-order valence-electron chi connectivity index (χ3n) is 13.2. The van der Waals surface area contributed by atoms with Gasteiger partial charge in [-0.05, 0) is 66.7 Å². The van der Waals surface area contributed by atoms with Crippen molar-refractivity contribution in [2.24, 2.45) is 23.7 Å². The summed E-state index contributed by atoms with van der Waals surface area (Å²) in [5.74, 6) is -2.71. The number of cyclic esters (lactones) is 1. The molecule has 0 aromatic rings. The maximum Gasteiger partial charge on any atom is 0.311 e. The molecule has 4 N–H and O–H groups in total. The fourth-order valence-electron chi connectivity index (χ4n) is 9.96. The third kappa shape index (κ3) is 8.64. The van der Waals surface area contributed by atoms with Crippen molar-refractivity contribution in [3.05, 3.63) is 0 Å². The Labute approximate surface area is 316 Å². The van der Waals surface area contributed by atoms with Gasteiger partial charge in [0.2, 0.25) is 0 Å². The van der Waals surface area contributed by atoms with Crippen molar-refractivity contribution in [1.29, 1.82) is 0 Å². The molecule has 14 nitrogen and oxygen atoms in total. The third-order valence-corrected chi connectivity index (χ3v) is 13.2. The molecule has 14 heteroatoms. The summed E-state index contributed by atoms with van der Waals surface area (Å²) in [6.45, 7) is 21.0. The summed E-state index contributed by atoms with van der Waals surface area (Å²) in [6.07, 6.45) is -7.46. The van der Waals surface area contributed by atoms with E-state index in [1.807, 2.05) is 27.7 Å². The summed E-state index contributed by atoms with van der Waals surface area (Å²) in [4.78, 5) is 16.6. The Morgan fingerprint density at radius 2 is 1.66 bits per heavy atom. The van der Waals surface area contributed by atoms with Crippen LogP contribution in [0.15, 0.2) is 0 Å². The summed E-state index contributed by atoms with van der Waals surface area (Å²) in [6, 6.07) is -0.209. The van der Waals surface area contributed by atoms with E-state index in [2.05, 4.69) is 11.8 Å². The molecule has 0 saturated carbocycles. The number of fused-ring (bicyclic) bond motifs is 2. The van der Waals surface area contributed by atoms with E-state index in [9.17, 15) is 25.2 Å². The standard InChI is InChI=1S/C39H69NO13/c1-12-27(41)39(10,45)34-22(4)30-20(2)18-38(9,53-30)33(52-36-29(42)26(17-21(3)48-36)40-13-15-47-16-14-40)23(5)31(24(6)35(44)51-34)50-28-19-37(8,46-11)32(43)25(7)49-28/h20-34,36,41-43,45H,12-19H2,1-11H3/t20-,21+,22+,23+,24-,25-,26-,27-,28-,29+,30+,31+,32-,33-,34-,36-,37+,38-,39-/m1/s1. The van der Waals surface area contributed by atoms with Crippen molar-refractivity contribution < 1.29 is 63.1 Å². The van der Waals surface area contributed by atoms with Crippen LogP contribution in [0.5, 0.6) is 0 Å². The highest BCUT2D eigenvalue weighted by Crippen LogP contribution is 2.48. The number of esters is 1. The highest BCUT2D eigenvalue weighted by Gasteiger charge is 2.59.